The Hall–Kier alpha value is -2.64. The van der Waals surface area contributed by atoms with Crippen LogP contribution in [0.2, 0.25) is 0 Å². The van der Waals surface area contributed by atoms with Gasteiger partial charge >= 0.3 is 18.0 Å². The number of hydrogen-bond donors (Lipinski definition) is 3. The molecule has 0 aliphatic rings. The topological polar surface area (TPSA) is 118 Å². The molecule has 3 N–H and O–H groups in total. The summed E-state index contributed by atoms with van der Waals surface area (Å²) in [6.45, 7) is 3.60. The molecule has 0 aromatic carbocycles. The number of ether oxygens (including phenoxy) is 1. The number of esters is 1. The summed E-state index contributed by atoms with van der Waals surface area (Å²) in [6.07, 6.45) is 1.36. The molecule has 0 saturated carbocycles. The number of amides is 2. The number of carbonyl (C=O) groups is 3. The standard InChI is InChI=1S/C13H17N3O5/c1-3-21-12(19)8(2)16-13(20)15-7-9-4-5-10(11(17)18)14-6-9/h4-6,8H,3,7H2,1-2H3,(H,17,18)(H2,15,16,20). The van der Waals surface area contributed by atoms with Crippen LogP contribution in [-0.4, -0.2) is 40.7 Å². The van der Waals surface area contributed by atoms with Gasteiger partial charge in [0.15, 0.2) is 0 Å². The van der Waals surface area contributed by atoms with Crippen LogP contribution in [0, 0.1) is 0 Å². The van der Waals surface area contributed by atoms with E-state index in [0.29, 0.717) is 5.56 Å². The van der Waals surface area contributed by atoms with E-state index in [2.05, 4.69) is 15.6 Å². The van der Waals surface area contributed by atoms with Crippen LogP contribution in [0.3, 0.4) is 0 Å². The summed E-state index contributed by atoms with van der Waals surface area (Å²) in [7, 11) is 0. The molecule has 2 amide bonds. The Labute approximate surface area is 121 Å². The first kappa shape index (κ1) is 16.4. The minimum absolute atomic E-state index is 0.0702. The van der Waals surface area contributed by atoms with Gasteiger partial charge in [-0.15, -0.1) is 0 Å². The van der Waals surface area contributed by atoms with E-state index < -0.39 is 24.0 Å². The SMILES string of the molecule is CCOC(=O)C(C)NC(=O)NCc1ccc(C(=O)O)nc1. The van der Waals surface area contributed by atoms with Crippen LogP contribution in [0.5, 0.6) is 0 Å². The zero-order valence-electron chi connectivity index (χ0n) is 11.8. The number of aromatic nitrogens is 1. The highest BCUT2D eigenvalue weighted by molar-refractivity contribution is 5.85. The summed E-state index contributed by atoms with van der Waals surface area (Å²) < 4.78 is 4.76. The smallest absolute Gasteiger partial charge is 0.354 e. The lowest BCUT2D eigenvalue weighted by molar-refractivity contribution is -0.144. The van der Waals surface area contributed by atoms with E-state index in [-0.39, 0.29) is 18.8 Å². The predicted octanol–water partition coefficient (Wildman–Crippen LogP) is 0.531. The van der Waals surface area contributed by atoms with E-state index in [9.17, 15) is 14.4 Å². The second kappa shape index (κ2) is 7.83. The molecule has 0 spiro atoms. The Bertz CT molecular complexity index is 515. The molecular formula is C13H17N3O5. The van der Waals surface area contributed by atoms with Crippen molar-refractivity contribution in [2.45, 2.75) is 26.4 Å². The summed E-state index contributed by atoms with van der Waals surface area (Å²) >= 11 is 0. The highest BCUT2D eigenvalue weighted by Crippen LogP contribution is 2.00. The zero-order valence-corrected chi connectivity index (χ0v) is 11.8. The van der Waals surface area contributed by atoms with Gasteiger partial charge in [-0.1, -0.05) is 6.07 Å². The number of nitrogens with one attached hydrogen (secondary N) is 2. The average Bonchev–Trinajstić information content (AvgIpc) is 2.45. The number of carboxylic acid groups (broad SMARTS) is 1. The van der Waals surface area contributed by atoms with E-state index >= 15 is 0 Å². The first-order valence-corrected chi connectivity index (χ1v) is 6.33. The van der Waals surface area contributed by atoms with Gasteiger partial charge in [-0.05, 0) is 25.5 Å². The highest BCUT2D eigenvalue weighted by atomic mass is 16.5. The van der Waals surface area contributed by atoms with E-state index in [4.69, 9.17) is 9.84 Å². The fraction of sp³-hybridized carbons (Fsp3) is 0.385. The molecule has 1 aromatic rings. The normalized spacial score (nSPS) is 11.3. The zero-order chi connectivity index (χ0) is 15.8. The lowest BCUT2D eigenvalue weighted by atomic mass is 10.2. The van der Waals surface area contributed by atoms with Crippen LogP contribution < -0.4 is 10.6 Å². The third-order valence-corrected chi connectivity index (χ3v) is 2.48. The van der Waals surface area contributed by atoms with Gasteiger partial charge < -0.3 is 20.5 Å². The summed E-state index contributed by atoms with van der Waals surface area (Å²) in [6, 6.07) is 1.61. The molecule has 1 unspecified atom stereocenters. The third kappa shape index (κ3) is 5.47. The minimum atomic E-state index is -1.12. The van der Waals surface area contributed by atoms with Crippen LogP contribution in [0.1, 0.15) is 29.9 Å². The molecular weight excluding hydrogens is 278 g/mol. The van der Waals surface area contributed by atoms with Crippen LogP contribution in [0.25, 0.3) is 0 Å². The molecule has 0 fully saturated rings. The number of urea groups is 1. The van der Waals surface area contributed by atoms with Gasteiger partial charge in [0, 0.05) is 12.7 Å². The molecule has 1 rings (SSSR count). The molecule has 0 saturated heterocycles. The van der Waals surface area contributed by atoms with E-state index in [1.165, 1.54) is 19.2 Å². The molecule has 1 heterocycles. The Morgan fingerprint density at radius 2 is 2.10 bits per heavy atom. The fourth-order valence-electron chi connectivity index (χ4n) is 1.41. The molecule has 0 aliphatic carbocycles. The van der Waals surface area contributed by atoms with Gasteiger partial charge in [0.25, 0.3) is 0 Å². The van der Waals surface area contributed by atoms with Gasteiger partial charge in [0.2, 0.25) is 0 Å². The van der Waals surface area contributed by atoms with Crippen molar-refractivity contribution in [3.05, 3.63) is 29.6 Å². The van der Waals surface area contributed by atoms with Crippen molar-refractivity contribution in [2.75, 3.05) is 6.61 Å². The molecule has 1 aromatic heterocycles. The molecule has 21 heavy (non-hydrogen) atoms. The van der Waals surface area contributed by atoms with Crippen molar-refractivity contribution < 1.29 is 24.2 Å². The molecule has 1 atom stereocenters. The van der Waals surface area contributed by atoms with E-state index in [1.54, 1.807) is 13.0 Å². The van der Waals surface area contributed by atoms with E-state index in [0.717, 1.165) is 0 Å². The lowest BCUT2D eigenvalue weighted by Crippen LogP contribution is -2.44. The lowest BCUT2D eigenvalue weighted by Gasteiger charge is -2.13. The highest BCUT2D eigenvalue weighted by Gasteiger charge is 2.16. The minimum Gasteiger partial charge on any atom is -0.477 e. The van der Waals surface area contributed by atoms with Crippen molar-refractivity contribution >= 4 is 18.0 Å². The first-order valence-electron chi connectivity index (χ1n) is 6.33. The van der Waals surface area contributed by atoms with Crippen LogP contribution in [0.4, 0.5) is 4.79 Å². The molecule has 8 nitrogen and oxygen atoms in total. The number of rotatable bonds is 6. The second-order valence-corrected chi connectivity index (χ2v) is 4.16. The number of pyridine rings is 1. The van der Waals surface area contributed by atoms with Crippen LogP contribution in [-0.2, 0) is 16.1 Å². The predicted molar refractivity (Wildman–Crippen MR) is 72.7 cm³/mol. The van der Waals surface area contributed by atoms with Crippen molar-refractivity contribution in [1.29, 1.82) is 0 Å². The number of aromatic carboxylic acids is 1. The van der Waals surface area contributed by atoms with Gasteiger partial charge in [0.1, 0.15) is 11.7 Å². The molecule has 0 bridgehead atoms. The molecule has 0 radical (unpaired) electrons. The quantitative estimate of drug-likeness (QED) is 0.659. The summed E-state index contributed by atoms with van der Waals surface area (Å²) in [5, 5.41) is 13.7. The van der Waals surface area contributed by atoms with Crippen LogP contribution >= 0.6 is 0 Å². The maximum absolute atomic E-state index is 11.6. The van der Waals surface area contributed by atoms with E-state index in [1.807, 2.05) is 0 Å². The first-order chi connectivity index (χ1) is 9.93. The average molecular weight is 295 g/mol. The number of hydrogen-bond acceptors (Lipinski definition) is 5. The maximum Gasteiger partial charge on any atom is 0.354 e. The van der Waals surface area contributed by atoms with Crippen molar-refractivity contribution in [3.8, 4) is 0 Å². The van der Waals surface area contributed by atoms with Gasteiger partial charge in [-0.3, -0.25) is 0 Å². The summed E-state index contributed by atoms with van der Waals surface area (Å²) in [5.74, 6) is -1.63. The third-order valence-electron chi connectivity index (χ3n) is 2.48. The molecule has 0 aliphatic heterocycles. The summed E-state index contributed by atoms with van der Waals surface area (Å²) in [5.41, 5.74) is 0.568. The number of carboxylic acids is 1. The Morgan fingerprint density at radius 3 is 2.62 bits per heavy atom. The summed E-state index contributed by atoms with van der Waals surface area (Å²) in [4.78, 5) is 37.2. The van der Waals surface area contributed by atoms with Gasteiger partial charge in [0.05, 0.1) is 6.61 Å². The Kier molecular flexibility index (Phi) is 6.12. The van der Waals surface area contributed by atoms with Crippen molar-refractivity contribution in [2.24, 2.45) is 0 Å². The number of nitrogens with zero attached hydrogens (tertiary/aromatic N) is 1. The second-order valence-electron chi connectivity index (χ2n) is 4.16. The maximum atomic E-state index is 11.6. The molecule has 114 valence electrons. The van der Waals surface area contributed by atoms with Crippen molar-refractivity contribution in [1.82, 2.24) is 15.6 Å². The van der Waals surface area contributed by atoms with Gasteiger partial charge in [-0.25, -0.2) is 19.4 Å². The Balaban J connectivity index is 2.42. The largest absolute Gasteiger partial charge is 0.477 e. The molecule has 8 heteroatoms. The van der Waals surface area contributed by atoms with Crippen molar-refractivity contribution in [3.63, 3.8) is 0 Å². The van der Waals surface area contributed by atoms with Crippen LogP contribution in [0.15, 0.2) is 18.3 Å². The van der Waals surface area contributed by atoms with Gasteiger partial charge in [-0.2, -0.15) is 0 Å². The monoisotopic (exact) mass is 295 g/mol. The fourth-order valence-corrected chi connectivity index (χ4v) is 1.41. The Morgan fingerprint density at radius 1 is 1.38 bits per heavy atom. The number of carbonyl (C=O) groups excluding carboxylic acids is 2.